The Morgan fingerprint density at radius 1 is 1.33 bits per heavy atom. The van der Waals surface area contributed by atoms with Gasteiger partial charge in [-0.15, -0.1) is 0 Å². The van der Waals surface area contributed by atoms with Crippen molar-refractivity contribution < 1.29 is 4.74 Å². The van der Waals surface area contributed by atoms with Gasteiger partial charge in [-0.25, -0.2) is 9.97 Å². The summed E-state index contributed by atoms with van der Waals surface area (Å²) in [6.45, 7) is 2.64. The van der Waals surface area contributed by atoms with Crippen LogP contribution >= 0.6 is 0 Å². The van der Waals surface area contributed by atoms with Crippen molar-refractivity contribution in [3.8, 4) is 5.88 Å². The summed E-state index contributed by atoms with van der Waals surface area (Å²) in [7, 11) is 3.51. The first kappa shape index (κ1) is 13.4. The monoisotopic (exact) mass is 283 g/mol. The Bertz CT molecular complexity index is 781. The lowest BCUT2D eigenvalue weighted by Gasteiger charge is -2.09. The summed E-state index contributed by atoms with van der Waals surface area (Å²) < 4.78 is 7.02. The van der Waals surface area contributed by atoms with E-state index in [1.807, 2.05) is 32.3 Å². The Kier molecular flexibility index (Phi) is 3.43. The summed E-state index contributed by atoms with van der Waals surface area (Å²) in [5, 5.41) is 8.78. The fourth-order valence-electron chi connectivity index (χ4n) is 2.33. The summed E-state index contributed by atoms with van der Waals surface area (Å²) in [4.78, 5) is 8.63. The summed E-state index contributed by atoms with van der Waals surface area (Å²) in [6, 6.07) is 5.92. The summed E-state index contributed by atoms with van der Waals surface area (Å²) in [6.07, 6.45) is 3.57. The fraction of sp³-hybridized carbons (Fsp3) is 0.267. The third-order valence-electron chi connectivity index (χ3n) is 3.37. The van der Waals surface area contributed by atoms with Crippen LogP contribution in [0.2, 0.25) is 0 Å². The van der Waals surface area contributed by atoms with E-state index in [0.29, 0.717) is 12.4 Å². The van der Waals surface area contributed by atoms with Gasteiger partial charge in [-0.3, -0.25) is 4.68 Å². The highest BCUT2D eigenvalue weighted by Gasteiger charge is 2.08. The maximum absolute atomic E-state index is 5.22. The number of fused-ring (bicyclic) bond motifs is 1. The van der Waals surface area contributed by atoms with Gasteiger partial charge in [0.15, 0.2) is 5.65 Å². The number of anilines is 1. The minimum absolute atomic E-state index is 0.587. The number of aromatic nitrogens is 4. The maximum Gasteiger partial charge on any atom is 0.237 e. The van der Waals surface area contributed by atoms with E-state index < -0.39 is 0 Å². The minimum Gasteiger partial charge on any atom is -0.480 e. The number of ether oxygens (including phenoxy) is 1. The van der Waals surface area contributed by atoms with Gasteiger partial charge in [0, 0.05) is 31.4 Å². The van der Waals surface area contributed by atoms with E-state index in [9.17, 15) is 0 Å². The second kappa shape index (κ2) is 5.40. The van der Waals surface area contributed by atoms with Gasteiger partial charge >= 0.3 is 0 Å². The molecule has 0 saturated heterocycles. The maximum atomic E-state index is 5.22. The molecule has 0 aliphatic rings. The molecule has 1 N–H and O–H groups in total. The van der Waals surface area contributed by atoms with E-state index in [0.717, 1.165) is 28.0 Å². The van der Waals surface area contributed by atoms with Crippen molar-refractivity contribution in [3.05, 3.63) is 41.9 Å². The molecule has 3 rings (SSSR count). The Morgan fingerprint density at radius 3 is 3.00 bits per heavy atom. The molecule has 0 spiro atoms. The zero-order valence-corrected chi connectivity index (χ0v) is 12.3. The average molecular weight is 283 g/mol. The molecule has 0 aliphatic heterocycles. The largest absolute Gasteiger partial charge is 0.480 e. The number of pyridine rings is 2. The van der Waals surface area contributed by atoms with Crippen molar-refractivity contribution in [3.63, 3.8) is 0 Å². The number of aryl methyl sites for hydroxylation is 2. The molecule has 108 valence electrons. The Hall–Kier alpha value is -2.63. The normalized spacial score (nSPS) is 10.8. The van der Waals surface area contributed by atoms with Gasteiger partial charge < -0.3 is 10.1 Å². The molecule has 0 unspecified atom stereocenters. The van der Waals surface area contributed by atoms with E-state index in [1.54, 1.807) is 18.0 Å². The molecule has 3 aromatic heterocycles. The second-order valence-corrected chi connectivity index (χ2v) is 4.84. The molecule has 0 radical (unpaired) electrons. The van der Waals surface area contributed by atoms with Crippen LogP contribution in [0.1, 0.15) is 11.3 Å². The van der Waals surface area contributed by atoms with Crippen LogP contribution < -0.4 is 10.1 Å². The summed E-state index contributed by atoms with van der Waals surface area (Å²) in [5.74, 6) is 0.587. The lowest BCUT2D eigenvalue weighted by Crippen LogP contribution is -2.03. The molecule has 0 bridgehead atoms. The number of nitrogens with one attached hydrogen (secondary N) is 1. The van der Waals surface area contributed by atoms with Crippen LogP contribution in [-0.2, 0) is 13.6 Å². The van der Waals surface area contributed by atoms with Crippen molar-refractivity contribution in [2.75, 3.05) is 12.4 Å². The zero-order valence-electron chi connectivity index (χ0n) is 12.3. The van der Waals surface area contributed by atoms with E-state index >= 15 is 0 Å². The minimum atomic E-state index is 0.587. The van der Waals surface area contributed by atoms with Crippen LogP contribution in [0.5, 0.6) is 5.88 Å². The molecule has 0 amide bonds. The van der Waals surface area contributed by atoms with Crippen LogP contribution in [0.3, 0.4) is 0 Å². The molecular formula is C15H17N5O. The topological polar surface area (TPSA) is 64.9 Å². The molecule has 0 saturated carbocycles. The smallest absolute Gasteiger partial charge is 0.237 e. The molecule has 0 aliphatic carbocycles. The zero-order chi connectivity index (χ0) is 14.8. The first-order valence-electron chi connectivity index (χ1n) is 6.70. The van der Waals surface area contributed by atoms with Crippen LogP contribution in [0, 0.1) is 6.92 Å². The molecular weight excluding hydrogens is 266 g/mol. The van der Waals surface area contributed by atoms with Crippen LogP contribution in [-0.4, -0.2) is 26.9 Å². The molecule has 3 aromatic rings. The summed E-state index contributed by atoms with van der Waals surface area (Å²) in [5.41, 5.74) is 3.84. The van der Waals surface area contributed by atoms with Crippen LogP contribution in [0.15, 0.2) is 30.6 Å². The highest BCUT2D eigenvalue weighted by atomic mass is 16.5. The molecule has 6 nitrogen and oxygen atoms in total. The SMILES string of the molecule is COc1ncccc1NCc1cnc2c(c1)c(C)nn2C. The molecule has 6 heteroatoms. The second-order valence-electron chi connectivity index (χ2n) is 4.84. The van der Waals surface area contributed by atoms with E-state index in [4.69, 9.17) is 4.74 Å². The molecule has 0 atom stereocenters. The molecule has 21 heavy (non-hydrogen) atoms. The van der Waals surface area contributed by atoms with Gasteiger partial charge in [-0.2, -0.15) is 5.10 Å². The Labute approximate surface area is 122 Å². The number of rotatable bonds is 4. The van der Waals surface area contributed by atoms with Crippen molar-refractivity contribution in [2.24, 2.45) is 7.05 Å². The first-order chi connectivity index (χ1) is 10.2. The van der Waals surface area contributed by atoms with Crippen molar-refractivity contribution in [2.45, 2.75) is 13.5 Å². The van der Waals surface area contributed by atoms with Gasteiger partial charge in [0.05, 0.1) is 18.5 Å². The fourth-order valence-corrected chi connectivity index (χ4v) is 2.33. The number of methoxy groups -OCH3 is 1. The van der Waals surface area contributed by atoms with Crippen molar-refractivity contribution in [1.82, 2.24) is 19.7 Å². The van der Waals surface area contributed by atoms with Crippen LogP contribution in [0.4, 0.5) is 5.69 Å². The third-order valence-corrected chi connectivity index (χ3v) is 3.37. The number of nitrogens with zero attached hydrogens (tertiary/aromatic N) is 4. The van der Waals surface area contributed by atoms with Crippen molar-refractivity contribution in [1.29, 1.82) is 0 Å². The summed E-state index contributed by atoms with van der Waals surface area (Å²) >= 11 is 0. The Morgan fingerprint density at radius 2 is 2.19 bits per heavy atom. The highest BCUT2D eigenvalue weighted by Crippen LogP contribution is 2.21. The lowest BCUT2D eigenvalue weighted by molar-refractivity contribution is 0.399. The van der Waals surface area contributed by atoms with Crippen LogP contribution in [0.25, 0.3) is 11.0 Å². The lowest BCUT2D eigenvalue weighted by atomic mass is 10.2. The van der Waals surface area contributed by atoms with E-state index in [-0.39, 0.29) is 0 Å². The highest BCUT2D eigenvalue weighted by molar-refractivity contribution is 5.78. The van der Waals surface area contributed by atoms with Crippen molar-refractivity contribution >= 4 is 16.7 Å². The third kappa shape index (κ3) is 2.52. The molecule has 0 aromatic carbocycles. The molecule has 0 fully saturated rings. The van der Waals surface area contributed by atoms with Gasteiger partial charge in [0.1, 0.15) is 0 Å². The number of hydrogen-bond donors (Lipinski definition) is 1. The van der Waals surface area contributed by atoms with Gasteiger partial charge in [-0.1, -0.05) is 0 Å². The van der Waals surface area contributed by atoms with E-state index in [2.05, 4.69) is 26.4 Å². The molecule has 3 heterocycles. The van der Waals surface area contributed by atoms with E-state index in [1.165, 1.54) is 0 Å². The predicted molar refractivity (Wildman–Crippen MR) is 81.4 cm³/mol. The van der Waals surface area contributed by atoms with Gasteiger partial charge in [0.2, 0.25) is 5.88 Å². The standard InChI is InChI=1S/C15H17N5O/c1-10-12-7-11(9-18-14(12)20(2)19-10)8-17-13-5-4-6-16-15(13)21-3/h4-7,9,17H,8H2,1-3H3. The number of hydrogen-bond acceptors (Lipinski definition) is 5. The van der Waals surface area contributed by atoms with Gasteiger partial charge in [0.25, 0.3) is 0 Å². The predicted octanol–water partition coefficient (Wildman–Crippen LogP) is 2.29. The Balaban J connectivity index is 1.83. The quantitative estimate of drug-likeness (QED) is 0.796. The first-order valence-corrected chi connectivity index (χ1v) is 6.70. The van der Waals surface area contributed by atoms with Gasteiger partial charge in [-0.05, 0) is 30.7 Å². The average Bonchev–Trinajstić information content (AvgIpc) is 2.80.